The van der Waals surface area contributed by atoms with Crippen LogP contribution in [0.25, 0.3) is 0 Å². The Kier molecular flexibility index (Phi) is 7.83. The minimum atomic E-state index is -4.62. The summed E-state index contributed by atoms with van der Waals surface area (Å²) in [6.45, 7) is 1.63. The van der Waals surface area contributed by atoms with Crippen LogP contribution in [0.1, 0.15) is 18.9 Å². The predicted octanol–water partition coefficient (Wildman–Crippen LogP) is 4.98. The van der Waals surface area contributed by atoms with Gasteiger partial charge in [0.25, 0.3) is 5.91 Å². The number of aromatic nitrogens is 1. The number of hydroxylamine groups is 1. The molecule has 0 radical (unpaired) electrons. The number of halogens is 5. The average Bonchev–Trinajstić information content (AvgIpc) is 2.77. The van der Waals surface area contributed by atoms with Crippen LogP contribution in [0.2, 0.25) is 5.15 Å². The first-order valence-corrected chi connectivity index (χ1v) is 10.3. The van der Waals surface area contributed by atoms with Gasteiger partial charge in [-0.25, -0.2) is 15.5 Å². The van der Waals surface area contributed by atoms with Gasteiger partial charge in [0, 0.05) is 18.8 Å². The highest BCUT2D eigenvalue weighted by Crippen LogP contribution is 2.40. The molecule has 7 nitrogen and oxygen atoms in total. The van der Waals surface area contributed by atoms with Crippen molar-refractivity contribution in [2.75, 3.05) is 0 Å². The molecule has 0 bridgehead atoms. The highest BCUT2D eigenvalue weighted by Gasteiger charge is 2.53. The number of ether oxygens (including phenoxy) is 2. The maximum Gasteiger partial charge on any atom is 0.412 e. The van der Waals surface area contributed by atoms with E-state index in [1.165, 1.54) is 37.4 Å². The Bertz CT molecular complexity index is 1030. The first-order valence-electron chi connectivity index (χ1n) is 9.53. The molecule has 1 aliphatic heterocycles. The first kappa shape index (κ1) is 24.8. The van der Waals surface area contributed by atoms with Gasteiger partial charge >= 0.3 is 6.18 Å². The lowest BCUT2D eigenvalue weighted by Gasteiger charge is -2.26. The molecular formula is C21H18Cl2F3N3O4. The Labute approximate surface area is 197 Å². The van der Waals surface area contributed by atoms with Gasteiger partial charge in [0.15, 0.2) is 11.0 Å². The fourth-order valence-electron chi connectivity index (χ4n) is 2.49. The highest BCUT2D eigenvalue weighted by molar-refractivity contribution is 6.33. The molecule has 2 unspecified atom stereocenters. The minimum Gasteiger partial charge on any atom is -0.481 e. The van der Waals surface area contributed by atoms with Crippen molar-refractivity contribution in [1.29, 1.82) is 0 Å². The monoisotopic (exact) mass is 503 g/mol. The normalized spacial score (nSPS) is 18.9. The maximum atomic E-state index is 12.9. The zero-order chi connectivity index (χ0) is 24.1. The summed E-state index contributed by atoms with van der Waals surface area (Å²) in [6, 6.07) is 9.43. The highest BCUT2D eigenvalue weighted by atomic mass is 35.5. The molecule has 0 saturated heterocycles. The lowest BCUT2D eigenvalue weighted by atomic mass is 10.0. The summed E-state index contributed by atoms with van der Waals surface area (Å²) >= 11 is 11.2. The molecular weight excluding hydrogens is 486 g/mol. The van der Waals surface area contributed by atoms with Crippen LogP contribution in [-0.4, -0.2) is 34.3 Å². The largest absolute Gasteiger partial charge is 0.481 e. The second-order valence-corrected chi connectivity index (χ2v) is 8.00. The third-order valence-electron chi connectivity index (χ3n) is 4.37. The number of pyridine rings is 1. The van der Waals surface area contributed by atoms with E-state index in [1.54, 1.807) is 12.1 Å². The van der Waals surface area contributed by atoms with Crippen LogP contribution in [-0.2, 0) is 16.2 Å². The molecule has 2 atom stereocenters. The maximum absolute atomic E-state index is 12.9. The molecule has 0 fully saturated rings. The Morgan fingerprint density at radius 2 is 1.91 bits per heavy atom. The Hall–Kier alpha value is -2.82. The molecule has 0 saturated carbocycles. The summed E-state index contributed by atoms with van der Waals surface area (Å²) < 4.78 is 49.7. The molecule has 2 heterocycles. The van der Waals surface area contributed by atoms with Gasteiger partial charge < -0.3 is 9.47 Å². The van der Waals surface area contributed by atoms with Crippen molar-refractivity contribution in [3.63, 3.8) is 0 Å². The summed E-state index contributed by atoms with van der Waals surface area (Å²) in [5, 5.41) is 0.350. The molecule has 12 heteroatoms. The van der Waals surface area contributed by atoms with E-state index < -0.39 is 29.5 Å². The minimum absolute atomic E-state index is 0.00928. The van der Waals surface area contributed by atoms with E-state index in [0.717, 1.165) is 11.6 Å². The molecule has 1 aliphatic rings. The van der Waals surface area contributed by atoms with Crippen LogP contribution < -0.4 is 15.0 Å². The van der Waals surface area contributed by atoms with E-state index in [0.29, 0.717) is 22.9 Å². The zero-order valence-corrected chi connectivity index (χ0v) is 18.6. The van der Waals surface area contributed by atoms with E-state index in [1.807, 2.05) is 0 Å². The molecule has 3 rings (SSSR count). The van der Waals surface area contributed by atoms with Crippen molar-refractivity contribution >= 4 is 35.3 Å². The van der Waals surface area contributed by atoms with E-state index in [2.05, 4.69) is 15.5 Å². The van der Waals surface area contributed by atoms with Gasteiger partial charge in [0.2, 0.25) is 5.88 Å². The molecule has 33 heavy (non-hydrogen) atoms. The lowest BCUT2D eigenvalue weighted by Crippen LogP contribution is -2.42. The molecule has 176 valence electrons. The van der Waals surface area contributed by atoms with Crippen molar-refractivity contribution in [2.24, 2.45) is 4.99 Å². The lowest BCUT2D eigenvalue weighted by molar-refractivity contribution is -0.143. The number of benzene rings is 1. The number of hydrogen-bond donors (Lipinski definition) is 1. The molecule has 1 N–H and O–H groups in total. The van der Waals surface area contributed by atoms with Crippen LogP contribution in [0.15, 0.2) is 59.5 Å². The quantitative estimate of drug-likeness (QED) is 0.312. The third kappa shape index (κ3) is 6.83. The third-order valence-corrected chi connectivity index (χ3v) is 5.06. The topological polar surface area (TPSA) is 82.0 Å². The van der Waals surface area contributed by atoms with Crippen molar-refractivity contribution in [3.05, 3.63) is 65.3 Å². The van der Waals surface area contributed by atoms with Crippen molar-refractivity contribution in [2.45, 2.75) is 37.1 Å². The number of carbonyl (C=O) groups excluding carboxylic acids is 1. The van der Waals surface area contributed by atoms with E-state index in [-0.39, 0.29) is 12.5 Å². The number of alkyl halides is 4. The van der Waals surface area contributed by atoms with Gasteiger partial charge in [0.05, 0.1) is 0 Å². The molecule has 2 aromatic rings. The molecule has 0 spiro atoms. The summed E-state index contributed by atoms with van der Waals surface area (Å²) in [5.41, 5.74) is 3.00. The number of amides is 1. The number of rotatable bonds is 8. The van der Waals surface area contributed by atoms with E-state index >= 15 is 0 Å². The number of carbonyl (C=O) groups is 1. The Morgan fingerprint density at radius 3 is 2.48 bits per heavy atom. The second-order valence-electron chi connectivity index (χ2n) is 6.94. The summed E-state index contributed by atoms with van der Waals surface area (Å²) in [4.78, 5) is 22.3. The number of hydrogen-bond acceptors (Lipinski definition) is 6. The molecule has 1 amide bonds. The SMILES string of the molecule is CC(Oc1ccc(OC2=CCC(Cl)(C(F)(F)F)C=N2)cc1)C(=O)NOCc1ccc(Cl)nc1. The van der Waals surface area contributed by atoms with Crippen LogP contribution in [0.3, 0.4) is 0 Å². The van der Waals surface area contributed by atoms with Gasteiger partial charge in [-0.2, -0.15) is 13.2 Å². The second kappa shape index (κ2) is 10.4. The van der Waals surface area contributed by atoms with Crippen molar-refractivity contribution in [3.8, 4) is 11.5 Å². The van der Waals surface area contributed by atoms with Crippen LogP contribution in [0, 0.1) is 0 Å². The van der Waals surface area contributed by atoms with Crippen molar-refractivity contribution < 1.29 is 32.3 Å². The van der Waals surface area contributed by atoms with Gasteiger partial charge in [-0.3, -0.25) is 9.63 Å². The summed E-state index contributed by atoms with van der Waals surface area (Å²) in [6.07, 6.45) is -2.69. The number of nitrogens with one attached hydrogen (secondary N) is 1. The number of aliphatic imine (C=N–C) groups is 1. The fourth-order valence-corrected chi connectivity index (χ4v) is 2.73. The van der Waals surface area contributed by atoms with Gasteiger partial charge in [-0.05, 0) is 48.9 Å². The summed E-state index contributed by atoms with van der Waals surface area (Å²) in [5.74, 6) is 0.167. The first-order chi connectivity index (χ1) is 15.6. The number of nitrogens with zero attached hydrogens (tertiary/aromatic N) is 2. The average molecular weight is 504 g/mol. The van der Waals surface area contributed by atoms with Crippen LogP contribution in [0.5, 0.6) is 11.5 Å². The van der Waals surface area contributed by atoms with Gasteiger partial charge in [-0.1, -0.05) is 17.7 Å². The van der Waals surface area contributed by atoms with Crippen LogP contribution in [0.4, 0.5) is 13.2 Å². The molecule has 1 aromatic carbocycles. The number of allylic oxidation sites excluding steroid dienone is 1. The van der Waals surface area contributed by atoms with E-state index in [9.17, 15) is 18.0 Å². The van der Waals surface area contributed by atoms with Crippen molar-refractivity contribution in [1.82, 2.24) is 10.5 Å². The van der Waals surface area contributed by atoms with Gasteiger partial charge in [0.1, 0.15) is 23.3 Å². The van der Waals surface area contributed by atoms with Gasteiger partial charge in [-0.15, -0.1) is 11.6 Å². The van der Waals surface area contributed by atoms with Crippen LogP contribution >= 0.6 is 23.2 Å². The fraction of sp³-hybridized carbons (Fsp3) is 0.286. The Balaban J connectivity index is 1.45. The zero-order valence-electron chi connectivity index (χ0n) is 17.1. The standard InChI is InChI=1S/C21H18Cl2F3N3O4/c1-13(19(30)29-31-11-14-2-7-17(22)27-10-14)32-15-3-5-16(6-4-15)33-18-8-9-20(23,12-28-18)21(24,25)26/h2-8,10,12-13H,9,11H2,1H3,(H,29,30). The van der Waals surface area contributed by atoms with E-state index in [4.69, 9.17) is 37.5 Å². The summed E-state index contributed by atoms with van der Waals surface area (Å²) in [7, 11) is 0. The molecule has 1 aromatic heterocycles. The Morgan fingerprint density at radius 1 is 1.21 bits per heavy atom. The predicted molar refractivity (Wildman–Crippen MR) is 115 cm³/mol. The molecule has 0 aliphatic carbocycles. The smallest absolute Gasteiger partial charge is 0.412 e.